The molecule has 0 bridgehead atoms. The van der Waals surface area contributed by atoms with Crippen molar-refractivity contribution in [2.24, 2.45) is 5.41 Å². The average Bonchev–Trinajstić information content (AvgIpc) is 3.03. The number of likely N-dealkylation sites (tertiary alicyclic amines) is 1. The van der Waals surface area contributed by atoms with E-state index in [1.165, 1.54) is 0 Å². The van der Waals surface area contributed by atoms with E-state index in [2.05, 4.69) is 14.8 Å². The molecule has 1 atom stereocenters. The molecule has 3 heterocycles. The lowest BCUT2D eigenvalue weighted by atomic mass is 9.74. The zero-order chi connectivity index (χ0) is 30.4. The monoisotopic (exact) mass is 603 g/mol. The Morgan fingerprint density at radius 3 is 2.40 bits per heavy atom. The number of pyridine rings is 1. The number of morpholine rings is 1. The third-order valence-corrected chi connectivity index (χ3v) is 8.86. The summed E-state index contributed by atoms with van der Waals surface area (Å²) in [6.07, 6.45) is 3.72. The van der Waals surface area contributed by atoms with Crippen LogP contribution in [0.5, 0.6) is 11.5 Å². The van der Waals surface area contributed by atoms with Gasteiger partial charge in [0.2, 0.25) is 0 Å². The van der Waals surface area contributed by atoms with Crippen molar-refractivity contribution in [2.75, 3.05) is 66.3 Å². The van der Waals surface area contributed by atoms with Gasteiger partial charge in [-0.1, -0.05) is 0 Å². The Bertz CT molecular complexity index is 1360. The molecule has 2 aliphatic heterocycles. The van der Waals surface area contributed by atoms with Crippen LogP contribution in [-0.2, 0) is 11.3 Å². The van der Waals surface area contributed by atoms with Gasteiger partial charge in [0.25, 0.3) is 0 Å². The Kier molecular flexibility index (Phi) is 10.4. The number of halogens is 3. The Morgan fingerprint density at radius 2 is 1.72 bits per heavy atom. The largest absolute Gasteiger partial charge is 0.497 e. The van der Waals surface area contributed by atoms with Crippen LogP contribution in [0.1, 0.15) is 42.9 Å². The van der Waals surface area contributed by atoms with Crippen LogP contribution in [0.2, 0.25) is 0 Å². The summed E-state index contributed by atoms with van der Waals surface area (Å²) < 4.78 is 56.6. The number of ether oxygens (including phenoxy) is 3. The SMILES string of the molecule is COc1ccc2ncc(CN3CCOCC3)c([C@H](O)CCC3(CO)CCN(CCOc4cc(F)c(F)c(F)c4)CC3)c2c1. The second-order valence-corrected chi connectivity index (χ2v) is 11.6. The van der Waals surface area contributed by atoms with E-state index < -0.39 is 23.6 Å². The van der Waals surface area contributed by atoms with Crippen LogP contribution in [0, 0.1) is 22.9 Å². The van der Waals surface area contributed by atoms with Gasteiger partial charge in [-0.05, 0) is 73.5 Å². The van der Waals surface area contributed by atoms with Gasteiger partial charge < -0.3 is 24.4 Å². The summed E-state index contributed by atoms with van der Waals surface area (Å²) in [5, 5.41) is 23.0. The lowest BCUT2D eigenvalue weighted by Gasteiger charge is -2.41. The smallest absolute Gasteiger partial charge is 0.194 e. The van der Waals surface area contributed by atoms with Crippen molar-refractivity contribution in [3.63, 3.8) is 0 Å². The van der Waals surface area contributed by atoms with Gasteiger partial charge in [0.05, 0.1) is 31.9 Å². The molecule has 0 aliphatic carbocycles. The summed E-state index contributed by atoms with van der Waals surface area (Å²) in [6.45, 7) is 5.82. The van der Waals surface area contributed by atoms with Gasteiger partial charge in [0.1, 0.15) is 18.1 Å². The molecule has 0 saturated carbocycles. The topological polar surface area (TPSA) is 87.5 Å². The maximum atomic E-state index is 13.5. The zero-order valence-electron chi connectivity index (χ0n) is 24.5. The number of hydrogen-bond donors (Lipinski definition) is 2. The first kappa shape index (κ1) is 31.5. The molecule has 5 rings (SSSR count). The Balaban J connectivity index is 1.22. The van der Waals surface area contributed by atoms with Crippen LogP contribution in [0.4, 0.5) is 13.2 Å². The second kappa shape index (κ2) is 14.2. The molecular weight excluding hydrogens is 563 g/mol. The summed E-state index contributed by atoms with van der Waals surface area (Å²) in [6, 6.07) is 7.38. The van der Waals surface area contributed by atoms with Gasteiger partial charge in [-0.25, -0.2) is 13.2 Å². The van der Waals surface area contributed by atoms with Crippen LogP contribution in [0.25, 0.3) is 10.9 Å². The highest BCUT2D eigenvalue weighted by Crippen LogP contribution is 2.40. The molecule has 11 heteroatoms. The molecular formula is C32H40F3N3O5. The number of aromatic nitrogens is 1. The summed E-state index contributed by atoms with van der Waals surface area (Å²) in [5.74, 6) is -3.44. The number of fused-ring (bicyclic) bond motifs is 1. The third-order valence-electron chi connectivity index (χ3n) is 8.86. The molecule has 2 aromatic carbocycles. The minimum Gasteiger partial charge on any atom is -0.497 e. The summed E-state index contributed by atoms with van der Waals surface area (Å²) in [5.41, 5.74) is 2.29. The van der Waals surface area contributed by atoms with Crippen molar-refractivity contribution in [3.05, 3.63) is 65.1 Å². The van der Waals surface area contributed by atoms with Gasteiger partial charge in [0, 0.05) is 56.5 Å². The molecule has 0 amide bonds. The predicted molar refractivity (Wildman–Crippen MR) is 156 cm³/mol. The van der Waals surface area contributed by atoms with Crippen LogP contribution < -0.4 is 9.47 Å². The first-order valence-corrected chi connectivity index (χ1v) is 14.8. The Labute approximate surface area is 250 Å². The second-order valence-electron chi connectivity index (χ2n) is 11.6. The summed E-state index contributed by atoms with van der Waals surface area (Å²) in [7, 11) is 1.62. The maximum Gasteiger partial charge on any atom is 0.194 e. The van der Waals surface area contributed by atoms with Gasteiger partial charge >= 0.3 is 0 Å². The zero-order valence-corrected chi connectivity index (χ0v) is 24.5. The Hall–Kier alpha value is -2.96. The standard InChI is InChI=1S/C32H40F3N3O5/c1-41-23-2-3-28-25(16-23)30(22(19-36-28)20-38-10-13-42-14-11-38)29(40)4-5-32(21-39)6-8-37(9-7-32)12-15-43-24-17-26(33)31(35)27(34)18-24/h2-3,16-19,29,39-40H,4-15,20-21H2,1H3/t29-/m1/s1. The van der Waals surface area contributed by atoms with E-state index in [1.54, 1.807) is 7.11 Å². The van der Waals surface area contributed by atoms with Crippen LogP contribution >= 0.6 is 0 Å². The fourth-order valence-corrected chi connectivity index (χ4v) is 6.11. The highest BCUT2D eigenvalue weighted by atomic mass is 19.2. The third kappa shape index (κ3) is 7.58. The Morgan fingerprint density at radius 1 is 1.00 bits per heavy atom. The molecule has 43 heavy (non-hydrogen) atoms. The normalized spacial score (nSPS) is 18.6. The van der Waals surface area contributed by atoms with Crippen molar-refractivity contribution in [2.45, 2.75) is 38.3 Å². The first-order valence-electron chi connectivity index (χ1n) is 14.8. The quantitative estimate of drug-likeness (QED) is 0.294. The van der Waals surface area contributed by atoms with E-state index in [-0.39, 0.29) is 24.4 Å². The van der Waals surface area contributed by atoms with E-state index in [1.807, 2.05) is 24.4 Å². The molecule has 8 nitrogen and oxygen atoms in total. The number of benzene rings is 2. The fourth-order valence-electron chi connectivity index (χ4n) is 6.11. The van der Waals surface area contributed by atoms with Crippen LogP contribution in [-0.4, -0.2) is 91.3 Å². The van der Waals surface area contributed by atoms with Gasteiger partial charge in [-0.15, -0.1) is 0 Å². The molecule has 0 spiro atoms. The molecule has 2 saturated heterocycles. The molecule has 234 valence electrons. The minimum atomic E-state index is -1.51. The average molecular weight is 604 g/mol. The number of hydrogen-bond acceptors (Lipinski definition) is 8. The van der Waals surface area contributed by atoms with E-state index in [9.17, 15) is 23.4 Å². The minimum absolute atomic E-state index is 0.0176. The predicted octanol–water partition coefficient (Wildman–Crippen LogP) is 4.46. The number of aliphatic hydroxyl groups excluding tert-OH is 2. The first-order chi connectivity index (χ1) is 20.8. The van der Waals surface area contributed by atoms with Crippen molar-refractivity contribution < 1.29 is 37.6 Å². The van der Waals surface area contributed by atoms with Crippen molar-refractivity contribution in [1.29, 1.82) is 0 Å². The van der Waals surface area contributed by atoms with Crippen molar-refractivity contribution in [1.82, 2.24) is 14.8 Å². The van der Waals surface area contributed by atoms with Crippen LogP contribution in [0.15, 0.2) is 36.5 Å². The van der Waals surface area contributed by atoms with Crippen LogP contribution in [0.3, 0.4) is 0 Å². The van der Waals surface area contributed by atoms with E-state index in [4.69, 9.17) is 14.2 Å². The van der Waals surface area contributed by atoms with Crippen molar-refractivity contribution in [3.8, 4) is 11.5 Å². The number of aliphatic hydroxyl groups is 2. The highest BCUT2D eigenvalue weighted by Gasteiger charge is 2.35. The number of nitrogens with zero attached hydrogens (tertiary/aromatic N) is 3. The maximum absolute atomic E-state index is 13.5. The lowest BCUT2D eigenvalue weighted by Crippen LogP contribution is -2.43. The van der Waals surface area contributed by atoms with E-state index in [0.717, 1.165) is 60.1 Å². The number of methoxy groups -OCH3 is 1. The van der Waals surface area contributed by atoms with Gasteiger partial charge in [-0.3, -0.25) is 14.8 Å². The lowest BCUT2D eigenvalue weighted by molar-refractivity contribution is 0.0199. The van der Waals surface area contributed by atoms with E-state index >= 15 is 0 Å². The van der Waals surface area contributed by atoms with Crippen molar-refractivity contribution >= 4 is 10.9 Å². The van der Waals surface area contributed by atoms with Gasteiger partial charge in [0.15, 0.2) is 17.5 Å². The molecule has 3 aromatic rings. The highest BCUT2D eigenvalue weighted by molar-refractivity contribution is 5.85. The number of rotatable bonds is 12. The number of piperidine rings is 1. The molecule has 1 aromatic heterocycles. The summed E-state index contributed by atoms with van der Waals surface area (Å²) in [4.78, 5) is 9.15. The molecule has 2 fully saturated rings. The molecule has 2 N–H and O–H groups in total. The van der Waals surface area contributed by atoms with E-state index in [0.29, 0.717) is 58.0 Å². The summed E-state index contributed by atoms with van der Waals surface area (Å²) >= 11 is 0. The molecule has 0 radical (unpaired) electrons. The molecule has 0 unspecified atom stereocenters. The fraction of sp³-hybridized carbons (Fsp3) is 0.531. The molecule has 2 aliphatic rings. The van der Waals surface area contributed by atoms with Gasteiger partial charge in [-0.2, -0.15) is 0 Å².